The summed E-state index contributed by atoms with van der Waals surface area (Å²) in [7, 11) is 1.82. The number of unbranched alkanes of at least 4 members (excludes halogenated alkanes) is 2. The molecule has 0 saturated carbocycles. The van der Waals surface area contributed by atoms with Gasteiger partial charge in [-0.1, -0.05) is 43.4 Å². The number of nitrogens with two attached hydrogens (primary N) is 6. The minimum atomic E-state index is -0.452. The number of nitrogens with zero attached hydrogens (tertiary/aromatic N) is 20. The monoisotopic (exact) mass is 1010 g/mol. The number of aromatic hydroxyl groups is 1. The first kappa shape index (κ1) is 52.6. The van der Waals surface area contributed by atoms with E-state index in [-0.39, 0.29) is 48.2 Å². The first-order valence-electron chi connectivity index (χ1n) is 24.3. The summed E-state index contributed by atoms with van der Waals surface area (Å²) in [6.07, 6.45) is 18.7. The average molecular weight is 1010 g/mol. The van der Waals surface area contributed by atoms with Gasteiger partial charge < -0.3 is 44.8 Å². The van der Waals surface area contributed by atoms with Gasteiger partial charge in [0, 0.05) is 27.1 Å². The fourth-order valence-electron chi connectivity index (χ4n) is 8.51. The lowest BCUT2D eigenvalue weighted by Crippen LogP contribution is -2.28. The molecule has 73 heavy (non-hydrogen) atoms. The van der Waals surface area contributed by atoms with Crippen molar-refractivity contribution < 1.29 is 9.90 Å². The molecule has 29 heteroatoms. The number of rotatable bonds is 30. The van der Waals surface area contributed by atoms with Gasteiger partial charge in [0.05, 0.1) is 73.9 Å². The van der Waals surface area contributed by atoms with Crippen molar-refractivity contribution >= 4 is 17.8 Å². The number of amides is 1. The highest BCUT2D eigenvalue weighted by molar-refractivity contribution is 5.76. The van der Waals surface area contributed by atoms with Crippen LogP contribution in [0.4, 0.5) is 0 Å². The topological polar surface area (TPSA) is 414 Å². The number of phenolic OH excluding ortho intramolecular Hbond substituents is 1. The normalized spacial score (nSPS) is 13.6. The highest BCUT2D eigenvalue weighted by Crippen LogP contribution is 2.30. The van der Waals surface area contributed by atoms with Crippen LogP contribution in [0.15, 0.2) is 71.4 Å². The second kappa shape index (κ2) is 25.8. The Hall–Kier alpha value is -8.21. The Bertz CT molecular complexity index is 2830. The number of guanidine groups is 2. The number of nitrogens with one attached hydrogen (secondary N) is 1. The highest BCUT2D eigenvalue weighted by Gasteiger charge is 2.28. The van der Waals surface area contributed by atoms with Gasteiger partial charge in [0.1, 0.15) is 39.9 Å². The van der Waals surface area contributed by atoms with Crippen molar-refractivity contribution in [3.05, 3.63) is 101 Å². The van der Waals surface area contributed by atoms with Crippen molar-refractivity contribution in [2.45, 2.75) is 114 Å². The van der Waals surface area contributed by atoms with E-state index < -0.39 is 12.1 Å². The van der Waals surface area contributed by atoms with E-state index in [9.17, 15) is 9.90 Å². The van der Waals surface area contributed by atoms with Crippen LogP contribution in [-0.4, -0.2) is 139 Å². The van der Waals surface area contributed by atoms with E-state index in [0.29, 0.717) is 99.6 Å². The summed E-state index contributed by atoms with van der Waals surface area (Å²) in [6.45, 7) is 3.62. The van der Waals surface area contributed by atoms with E-state index in [1.165, 1.54) is 6.92 Å². The summed E-state index contributed by atoms with van der Waals surface area (Å²) in [5.74, 6) is -0.0161. The van der Waals surface area contributed by atoms with Crippen LogP contribution in [0.3, 0.4) is 0 Å². The summed E-state index contributed by atoms with van der Waals surface area (Å²) in [4.78, 5) is 20.5. The molecule has 14 N–H and O–H groups in total. The van der Waals surface area contributed by atoms with Crippen LogP contribution in [0.25, 0.3) is 0 Å². The Morgan fingerprint density at radius 3 is 1.49 bits per heavy atom. The van der Waals surface area contributed by atoms with Gasteiger partial charge in [-0.3, -0.25) is 19.5 Å². The Morgan fingerprint density at radius 1 is 0.575 bits per heavy atom. The van der Waals surface area contributed by atoms with Crippen molar-refractivity contribution in [1.82, 2.24) is 95.3 Å². The molecular weight excluding hydrogens is 939 g/mol. The van der Waals surface area contributed by atoms with E-state index in [0.717, 1.165) is 36.9 Å². The van der Waals surface area contributed by atoms with Gasteiger partial charge in [-0.25, -0.2) is 23.4 Å². The lowest BCUT2D eigenvalue weighted by Gasteiger charge is -2.16. The number of benzene rings is 1. The number of aryl methyl sites for hydroxylation is 1. The maximum absolute atomic E-state index is 12.2. The summed E-state index contributed by atoms with van der Waals surface area (Å²) in [6, 6.07) is 5.01. The Labute approximate surface area is 420 Å². The minimum absolute atomic E-state index is 0.00312. The highest BCUT2D eigenvalue weighted by atomic mass is 16.3. The van der Waals surface area contributed by atoms with E-state index in [1.807, 2.05) is 47.4 Å². The van der Waals surface area contributed by atoms with Crippen molar-refractivity contribution in [3.63, 3.8) is 0 Å². The molecule has 0 saturated heterocycles. The Balaban J connectivity index is 1.13. The average Bonchev–Trinajstić information content (AvgIpc) is 4.24. The summed E-state index contributed by atoms with van der Waals surface area (Å²) in [5.41, 5.74) is 39.3. The molecule has 1 amide bonds. The van der Waals surface area contributed by atoms with Crippen LogP contribution >= 0.6 is 0 Å². The zero-order chi connectivity index (χ0) is 51.7. The smallest absolute Gasteiger partial charge is 0.217 e. The molecule has 0 spiro atoms. The molecule has 6 aromatic heterocycles. The molecule has 0 unspecified atom stereocenters. The summed E-state index contributed by atoms with van der Waals surface area (Å²) < 4.78 is 10.5. The maximum atomic E-state index is 12.2. The van der Waals surface area contributed by atoms with Crippen LogP contribution < -0.4 is 39.7 Å². The third-order valence-electron chi connectivity index (χ3n) is 12.1. The van der Waals surface area contributed by atoms with Gasteiger partial charge in [-0.05, 0) is 101 Å². The quantitative estimate of drug-likeness (QED) is 0.0162. The number of carbonyl (C=O) groups excluding carboxylic acids is 1. The molecule has 1 aromatic carbocycles. The summed E-state index contributed by atoms with van der Waals surface area (Å²) in [5, 5.41) is 67.1. The second-order valence-corrected chi connectivity index (χ2v) is 17.9. The predicted octanol–water partition coefficient (Wildman–Crippen LogP) is -0.331. The number of phenols is 1. The van der Waals surface area contributed by atoms with Crippen LogP contribution in [0.2, 0.25) is 0 Å². The van der Waals surface area contributed by atoms with E-state index in [2.05, 4.69) is 67.0 Å². The molecule has 5 atom stereocenters. The van der Waals surface area contributed by atoms with Gasteiger partial charge in [0.25, 0.3) is 0 Å². The zero-order valence-corrected chi connectivity index (χ0v) is 41.2. The van der Waals surface area contributed by atoms with Crippen molar-refractivity contribution in [2.75, 3.05) is 26.2 Å². The van der Waals surface area contributed by atoms with Crippen LogP contribution in [-0.2, 0) is 24.8 Å². The van der Waals surface area contributed by atoms with Crippen molar-refractivity contribution in [2.24, 2.45) is 51.4 Å². The molecule has 0 fully saturated rings. The van der Waals surface area contributed by atoms with E-state index in [1.54, 1.807) is 49.2 Å². The fourth-order valence-corrected chi connectivity index (χ4v) is 8.51. The van der Waals surface area contributed by atoms with E-state index >= 15 is 0 Å². The molecular formula is C44H67N27O2. The molecule has 6 heterocycles. The SMILES string of the molecule is CC(=O)N[C@H](Cc1ccc(O)cc1)c1cn(Cc2cn([C@H](CCCN=C(N)N)c3cn([C@@H](CCCCN)c4cn([C@@H](CCCCN)c5cn([C@H](CCCN=C(N)N)c6cn(C)nn6)nn5)nn4)nn3)nn2)nn1. The first-order valence-corrected chi connectivity index (χ1v) is 24.3. The number of carbonyl (C=O) groups is 1. The summed E-state index contributed by atoms with van der Waals surface area (Å²) >= 11 is 0. The van der Waals surface area contributed by atoms with Crippen LogP contribution in [0.1, 0.15) is 141 Å². The molecule has 7 rings (SSSR count). The zero-order valence-electron chi connectivity index (χ0n) is 41.2. The molecule has 0 aliphatic heterocycles. The van der Waals surface area contributed by atoms with Gasteiger partial charge in [-0.2, -0.15) is 0 Å². The van der Waals surface area contributed by atoms with Gasteiger partial charge in [0.2, 0.25) is 5.91 Å². The second-order valence-electron chi connectivity index (χ2n) is 17.9. The van der Waals surface area contributed by atoms with Crippen LogP contribution in [0.5, 0.6) is 5.75 Å². The third kappa shape index (κ3) is 14.9. The standard InChI is InChI=1S/C44H67N27O2/c1-29(72)53-33(21-30-13-15-32(73)16-14-30)34-25-67(61-55-34)22-31-23-68(62-54-31)42(12-8-20-52-44(49)50)38-28-70(64-59-38)39(9-3-5-17-45)36-26-69(63-57-36)40(10-4-6-18-46)37-27-71(65-58-37)41(11-7-19-51-43(47)48)35-24-66(2)60-56-35/h13-16,23-28,33,39-42,73H,3-12,17-22,45-46H2,1-2H3,(H,53,72)(H4,47,48,51)(H4,49,50,52)/t33-,39+,40+,41-,42-/m1/s1. The molecule has 0 aliphatic carbocycles. The maximum Gasteiger partial charge on any atom is 0.217 e. The lowest BCUT2D eigenvalue weighted by molar-refractivity contribution is -0.119. The fraction of sp³-hybridized carbons (Fsp3) is 0.523. The molecule has 0 bridgehead atoms. The van der Waals surface area contributed by atoms with Gasteiger partial charge in [0.15, 0.2) is 11.9 Å². The number of hydrogen-bond acceptors (Lipinski definition) is 18. The molecule has 0 aliphatic rings. The minimum Gasteiger partial charge on any atom is -0.508 e. The number of aromatic nitrogens is 18. The predicted molar refractivity (Wildman–Crippen MR) is 267 cm³/mol. The largest absolute Gasteiger partial charge is 0.508 e. The lowest BCUT2D eigenvalue weighted by atomic mass is 10.0. The molecule has 29 nitrogen and oxygen atoms in total. The van der Waals surface area contributed by atoms with Crippen molar-refractivity contribution in [3.8, 4) is 5.75 Å². The van der Waals surface area contributed by atoms with E-state index in [4.69, 9.17) is 44.6 Å². The number of hydrogen-bond donors (Lipinski definition) is 8. The Morgan fingerprint density at radius 2 is 1.03 bits per heavy atom. The Kier molecular flexibility index (Phi) is 18.6. The van der Waals surface area contributed by atoms with Crippen molar-refractivity contribution in [1.29, 1.82) is 0 Å². The molecule has 390 valence electrons. The molecule has 7 aromatic rings. The first-order chi connectivity index (χ1) is 35.4. The third-order valence-corrected chi connectivity index (χ3v) is 12.1. The molecule has 0 radical (unpaired) electrons. The van der Waals surface area contributed by atoms with Gasteiger partial charge >= 0.3 is 0 Å². The number of aliphatic imine (C=N–C) groups is 2. The van der Waals surface area contributed by atoms with Crippen LogP contribution in [0, 0.1) is 0 Å². The van der Waals surface area contributed by atoms with Gasteiger partial charge in [-0.15, -0.1) is 30.6 Å².